The van der Waals surface area contributed by atoms with Crippen molar-refractivity contribution < 1.29 is 9.53 Å². The van der Waals surface area contributed by atoms with Gasteiger partial charge in [-0.15, -0.1) is 0 Å². The van der Waals surface area contributed by atoms with Crippen molar-refractivity contribution >= 4 is 27.6 Å². The molecule has 0 atom stereocenters. The molecule has 0 unspecified atom stereocenters. The van der Waals surface area contributed by atoms with Crippen LogP contribution in [0.15, 0.2) is 16.7 Å². The van der Waals surface area contributed by atoms with Crippen molar-refractivity contribution in [2.45, 2.75) is 26.7 Å². The summed E-state index contributed by atoms with van der Waals surface area (Å²) in [6.07, 6.45) is 2.16. The lowest BCUT2D eigenvalue weighted by Gasteiger charge is -2.10. The Hall–Kier alpha value is -1.10. The number of carbonyl (C=O) groups excluding carboxylic acids is 1. The number of unbranched alkanes of at least 4 members (excludes halogenated alkanes) is 1. The first-order valence-corrected chi connectivity index (χ1v) is 6.55. The van der Waals surface area contributed by atoms with Gasteiger partial charge in [-0.2, -0.15) is 0 Å². The maximum absolute atomic E-state index is 11.7. The third kappa shape index (κ3) is 4.34. The SMILES string of the molecule is CCCCNc1ccc(Br)nc1C(=O)OCC. The molecule has 1 N–H and O–H groups in total. The summed E-state index contributed by atoms with van der Waals surface area (Å²) in [4.78, 5) is 15.9. The van der Waals surface area contributed by atoms with Crippen LogP contribution in [0.2, 0.25) is 0 Å². The largest absolute Gasteiger partial charge is 0.461 e. The van der Waals surface area contributed by atoms with Crippen LogP contribution in [0.1, 0.15) is 37.2 Å². The Morgan fingerprint density at radius 1 is 1.47 bits per heavy atom. The molecule has 17 heavy (non-hydrogen) atoms. The number of nitrogens with zero attached hydrogens (tertiary/aromatic N) is 1. The van der Waals surface area contributed by atoms with Gasteiger partial charge in [0, 0.05) is 6.54 Å². The van der Waals surface area contributed by atoms with Crippen LogP contribution in [0.4, 0.5) is 5.69 Å². The van der Waals surface area contributed by atoms with Crippen molar-refractivity contribution in [3.8, 4) is 0 Å². The van der Waals surface area contributed by atoms with Crippen molar-refractivity contribution in [1.82, 2.24) is 4.98 Å². The Balaban J connectivity index is 2.83. The molecule has 0 spiro atoms. The number of esters is 1. The number of carbonyl (C=O) groups is 1. The van der Waals surface area contributed by atoms with Crippen molar-refractivity contribution in [1.29, 1.82) is 0 Å². The Morgan fingerprint density at radius 3 is 2.88 bits per heavy atom. The zero-order valence-electron chi connectivity index (χ0n) is 10.1. The van der Waals surface area contributed by atoms with Crippen LogP contribution in [0.3, 0.4) is 0 Å². The Bertz CT molecular complexity index is 383. The van der Waals surface area contributed by atoms with Gasteiger partial charge in [-0.05, 0) is 41.4 Å². The summed E-state index contributed by atoms with van der Waals surface area (Å²) in [6.45, 7) is 5.07. The summed E-state index contributed by atoms with van der Waals surface area (Å²) < 4.78 is 5.59. The number of anilines is 1. The number of rotatable bonds is 6. The molecule has 0 aromatic carbocycles. The number of hydrogen-bond donors (Lipinski definition) is 1. The molecule has 1 rings (SSSR count). The summed E-state index contributed by atoms with van der Waals surface area (Å²) in [5.41, 5.74) is 1.05. The minimum atomic E-state index is -0.396. The van der Waals surface area contributed by atoms with Gasteiger partial charge in [0.25, 0.3) is 0 Å². The lowest BCUT2D eigenvalue weighted by Crippen LogP contribution is -2.12. The molecule has 0 radical (unpaired) electrons. The second-order valence-electron chi connectivity index (χ2n) is 3.53. The lowest BCUT2D eigenvalue weighted by molar-refractivity contribution is 0.0520. The van der Waals surface area contributed by atoms with Gasteiger partial charge < -0.3 is 10.1 Å². The minimum Gasteiger partial charge on any atom is -0.461 e. The fourth-order valence-corrected chi connectivity index (χ4v) is 1.64. The predicted molar refractivity (Wildman–Crippen MR) is 71.3 cm³/mol. The molecular formula is C12H17BrN2O2. The summed E-state index contributed by atoms with van der Waals surface area (Å²) in [7, 11) is 0. The highest BCUT2D eigenvalue weighted by molar-refractivity contribution is 9.10. The van der Waals surface area contributed by atoms with Crippen molar-refractivity contribution in [2.24, 2.45) is 0 Å². The summed E-state index contributed by atoms with van der Waals surface area (Å²) in [5.74, 6) is -0.396. The third-order valence-electron chi connectivity index (χ3n) is 2.18. The van der Waals surface area contributed by atoms with Crippen LogP contribution in [0.25, 0.3) is 0 Å². The van der Waals surface area contributed by atoms with E-state index in [2.05, 4.69) is 33.2 Å². The number of ether oxygens (including phenoxy) is 1. The molecule has 0 fully saturated rings. The van der Waals surface area contributed by atoms with E-state index in [9.17, 15) is 4.79 Å². The van der Waals surface area contributed by atoms with E-state index in [1.165, 1.54) is 0 Å². The molecular weight excluding hydrogens is 284 g/mol. The highest BCUT2D eigenvalue weighted by Gasteiger charge is 2.14. The van der Waals surface area contributed by atoms with Gasteiger partial charge in [-0.3, -0.25) is 0 Å². The van der Waals surface area contributed by atoms with E-state index < -0.39 is 5.97 Å². The van der Waals surface area contributed by atoms with Gasteiger partial charge in [0.15, 0.2) is 5.69 Å². The summed E-state index contributed by atoms with van der Waals surface area (Å²) >= 11 is 3.25. The van der Waals surface area contributed by atoms with Crippen molar-refractivity contribution in [2.75, 3.05) is 18.5 Å². The second kappa shape index (κ2) is 7.27. The van der Waals surface area contributed by atoms with Gasteiger partial charge >= 0.3 is 5.97 Å². The molecule has 0 aliphatic carbocycles. The smallest absolute Gasteiger partial charge is 0.359 e. The van der Waals surface area contributed by atoms with Gasteiger partial charge in [0.05, 0.1) is 12.3 Å². The Morgan fingerprint density at radius 2 is 2.24 bits per heavy atom. The van der Waals surface area contributed by atoms with E-state index in [1.54, 1.807) is 13.0 Å². The maximum Gasteiger partial charge on any atom is 0.359 e. The molecule has 4 nitrogen and oxygen atoms in total. The standard InChI is InChI=1S/C12H17BrN2O2/c1-3-5-8-14-9-6-7-10(13)15-11(9)12(16)17-4-2/h6-7,14H,3-5,8H2,1-2H3. The van der Waals surface area contributed by atoms with Gasteiger partial charge in [-0.25, -0.2) is 9.78 Å². The maximum atomic E-state index is 11.7. The topological polar surface area (TPSA) is 51.2 Å². The van der Waals surface area contributed by atoms with Crippen LogP contribution >= 0.6 is 15.9 Å². The fourth-order valence-electron chi connectivity index (χ4n) is 1.33. The van der Waals surface area contributed by atoms with Gasteiger partial charge in [-0.1, -0.05) is 13.3 Å². The van der Waals surface area contributed by atoms with E-state index in [1.807, 2.05) is 6.07 Å². The molecule has 0 aliphatic rings. The number of nitrogens with one attached hydrogen (secondary N) is 1. The quantitative estimate of drug-likeness (QED) is 0.498. The fraction of sp³-hybridized carbons (Fsp3) is 0.500. The van der Waals surface area contributed by atoms with E-state index in [4.69, 9.17) is 4.74 Å². The molecule has 0 aliphatic heterocycles. The minimum absolute atomic E-state index is 0.331. The molecule has 1 aromatic rings. The third-order valence-corrected chi connectivity index (χ3v) is 2.62. The second-order valence-corrected chi connectivity index (χ2v) is 4.34. The molecule has 0 saturated carbocycles. The van der Waals surface area contributed by atoms with Crippen LogP contribution in [0, 0.1) is 0 Å². The normalized spacial score (nSPS) is 10.1. The first kappa shape index (κ1) is 14.0. The van der Waals surface area contributed by atoms with Crippen molar-refractivity contribution in [3.05, 3.63) is 22.4 Å². The van der Waals surface area contributed by atoms with Crippen LogP contribution in [-0.4, -0.2) is 24.1 Å². The van der Waals surface area contributed by atoms with Gasteiger partial charge in [0.1, 0.15) is 4.60 Å². The first-order valence-electron chi connectivity index (χ1n) is 5.76. The Labute approximate surface area is 110 Å². The molecule has 94 valence electrons. The zero-order chi connectivity index (χ0) is 12.7. The first-order chi connectivity index (χ1) is 8.19. The molecule has 0 bridgehead atoms. The number of halogens is 1. The van der Waals surface area contributed by atoms with E-state index in [0.717, 1.165) is 25.1 Å². The van der Waals surface area contributed by atoms with Crippen LogP contribution in [0.5, 0.6) is 0 Å². The van der Waals surface area contributed by atoms with E-state index >= 15 is 0 Å². The monoisotopic (exact) mass is 300 g/mol. The molecule has 0 saturated heterocycles. The number of hydrogen-bond acceptors (Lipinski definition) is 4. The average Bonchev–Trinajstić information content (AvgIpc) is 2.31. The predicted octanol–water partition coefficient (Wildman–Crippen LogP) is 3.23. The van der Waals surface area contributed by atoms with Gasteiger partial charge in [0.2, 0.25) is 0 Å². The van der Waals surface area contributed by atoms with Crippen LogP contribution in [-0.2, 0) is 4.74 Å². The average molecular weight is 301 g/mol. The molecule has 0 amide bonds. The zero-order valence-corrected chi connectivity index (χ0v) is 11.7. The summed E-state index contributed by atoms with van der Waals surface area (Å²) in [5, 5.41) is 3.20. The molecule has 1 heterocycles. The van der Waals surface area contributed by atoms with Crippen LogP contribution < -0.4 is 5.32 Å². The highest BCUT2D eigenvalue weighted by atomic mass is 79.9. The van der Waals surface area contributed by atoms with E-state index in [-0.39, 0.29) is 0 Å². The van der Waals surface area contributed by atoms with E-state index in [0.29, 0.717) is 16.9 Å². The molecule has 5 heteroatoms. The number of aromatic nitrogens is 1. The number of pyridine rings is 1. The van der Waals surface area contributed by atoms with Crippen molar-refractivity contribution in [3.63, 3.8) is 0 Å². The summed E-state index contributed by atoms with van der Waals surface area (Å²) in [6, 6.07) is 3.63. The lowest BCUT2D eigenvalue weighted by atomic mass is 10.2. The Kier molecular flexibility index (Phi) is 5.97. The highest BCUT2D eigenvalue weighted by Crippen LogP contribution is 2.18. The molecule has 1 aromatic heterocycles.